The van der Waals surface area contributed by atoms with Crippen LogP contribution < -0.4 is 0 Å². The molecule has 6 heteroatoms. The molecule has 0 radical (unpaired) electrons. The van der Waals surface area contributed by atoms with Gasteiger partial charge in [-0.2, -0.15) is 0 Å². The molecule has 0 bridgehead atoms. The second kappa shape index (κ2) is 7.21. The Morgan fingerprint density at radius 1 is 1.00 bits per heavy atom. The molecule has 1 atom stereocenters. The SMILES string of the molecule is O=C(O)c1cnc(C(=O)N2CCCCCC2c2ccccc2)cn1. The Balaban J connectivity index is 1.88. The van der Waals surface area contributed by atoms with Crippen molar-refractivity contribution in [2.45, 2.75) is 31.7 Å². The minimum Gasteiger partial charge on any atom is -0.476 e. The average Bonchev–Trinajstić information content (AvgIpc) is 2.88. The fraction of sp³-hybridized carbons (Fsp3) is 0.333. The lowest BCUT2D eigenvalue weighted by Gasteiger charge is -2.30. The molecule has 3 rings (SSSR count). The Kier molecular flexibility index (Phi) is 4.84. The number of carbonyl (C=O) groups is 2. The van der Waals surface area contributed by atoms with E-state index in [1.54, 1.807) is 0 Å². The van der Waals surface area contributed by atoms with E-state index in [-0.39, 0.29) is 23.3 Å². The Morgan fingerprint density at radius 3 is 2.38 bits per heavy atom. The van der Waals surface area contributed by atoms with Gasteiger partial charge in [-0.1, -0.05) is 43.2 Å². The predicted octanol–water partition coefficient (Wildman–Crippen LogP) is 2.93. The number of aromatic carboxylic acids is 1. The van der Waals surface area contributed by atoms with Crippen LogP contribution in [0.1, 0.15) is 58.3 Å². The Labute approximate surface area is 140 Å². The van der Waals surface area contributed by atoms with Crippen molar-refractivity contribution in [1.29, 1.82) is 0 Å². The number of likely N-dealkylation sites (tertiary alicyclic amines) is 1. The van der Waals surface area contributed by atoms with E-state index in [1.165, 1.54) is 6.20 Å². The maximum atomic E-state index is 12.9. The van der Waals surface area contributed by atoms with E-state index >= 15 is 0 Å². The molecular formula is C18H19N3O3. The zero-order valence-corrected chi connectivity index (χ0v) is 13.3. The third-order valence-electron chi connectivity index (χ3n) is 4.29. The zero-order valence-electron chi connectivity index (χ0n) is 13.3. The number of nitrogens with zero attached hydrogens (tertiary/aromatic N) is 3. The topological polar surface area (TPSA) is 83.4 Å². The molecule has 0 spiro atoms. The van der Waals surface area contributed by atoms with Gasteiger partial charge in [0.15, 0.2) is 5.69 Å². The van der Waals surface area contributed by atoms with Crippen molar-refractivity contribution in [2.75, 3.05) is 6.54 Å². The molecular weight excluding hydrogens is 306 g/mol. The number of amides is 1. The van der Waals surface area contributed by atoms with Crippen LogP contribution in [0.15, 0.2) is 42.7 Å². The fourth-order valence-corrected chi connectivity index (χ4v) is 3.07. The molecule has 1 fully saturated rings. The first-order valence-corrected chi connectivity index (χ1v) is 8.08. The highest BCUT2D eigenvalue weighted by Crippen LogP contribution is 2.30. The van der Waals surface area contributed by atoms with Gasteiger partial charge in [0.2, 0.25) is 0 Å². The molecule has 2 heterocycles. The minimum atomic E-state index is -1.15. The van der Waals surface area contributed by atoms with Crippen LogP contribution in [0.2, 0.25) is 0 Å². The second-order valence-corrected chi connectivity index (χ2v) is 5.87. The fourth-order valence-electron chi connectivity index (χ4n) is 3.07. The Hall–Kier alpha value is -2.76. The van der Waals surface area contributed by atoms with E-state index in [1.807, 2.05) is 35.2 Å². The van der Waals surface area contributed by atoms with E-state index in [4.69, 9.17) is 5.11 Å². The summed E-state index contributed by atoms with van der Waals surface area (Å²) >= 11 is 0. The number of carboxylic acid groups (broad SMARTS) is 1. The molecule has 1 unspecified atom stereocenters. The lowest BCUT2D eigenvalue weighted by Crippen LogP contribution is -2.35. The summed E-state index contributed by atoms with van der Waals surface area (Å²) in [7, 11) is 0. The predicted molar refractivity (Wildman–Crippen MR) is 87.7 cm³/mol. The van der Waals surface area contributed by atoms with E-state index in [2.05, 4.69) is 9.97 Å². The normalized spacial score (nSPS) is 18.0. The van der Waals surface area contributed by atoms with Crippen molar-refractivity contribution in [3.63, 3.8) is 0 Å². The van der Waals surface area contributed by atoms with Gasteiger partial charge in [0, 0.05) is 6.54 Å². The smallest absolute Gasteiger partial charge is 0.356 e. The zero-order chi connectivity index (χ0) is 16.9. The van der Waals surface area contributed by atoms with Gasteiger partial charge in [-0.25, -0.2) is 14.8 Å². The molecule has 1 aromatic carbocycles. The quantitative estimate of drug-likeness (QED) is 0.938. The molecule has 1 aromatic heterocycles. The summed E-state index contributed by atoms with van der Waals surface area (Å²) in [5.74, 6) is -1.35. The molecule has 24 heavy (non-hydrogen) atoms. The summed E-state index contributed by atoms with van der Waals surface area (Å²) in [4.78, 5) is 33.4. The molecule has 0 saturated carbocycles. The Bertz CT molecular complexity index is 716. The van der Waals surface area contributed by atoms with E-state index in [9.17, 15) is 9.59 Å². The number of benzene rings is 1. The van der Waals surface area contributed by atoms with Crippen molar-refractivity contribution >= 4 is 11.9 Å². The highest BCUT2D eigenvalue weighted by Gasteiger charge is 2.28. The maximum absolute atomic E-state index is 12.9. The van der Waals surface area contributed by atoms with Gasteiger partial charge in [-0.05, 0) is 18.4 Å². The number of aromatic nitrogens is 2. The van der Waals surface area contributed by atoms with Crippen molar-refractivity contribution in [3.8, 4) is 0 Å². The van der Waals surface area contributed by atoms with Gasteiger partial charge in [0.05, 0.1) is 18.4 Å². The lowest BCUT2D eigenvalue weighted by atomic mass is 10.0. The van der Waals surface area contributed by atoms with Crippen LogP contribution >= 0.6 is 0 Å². The monoisotopic (exact) mass is 325 g/mol. The summed E-state index contributed by atoms with van der Waals surface area (Å²) in [6.07, 6.45) is 6.42. The van der Waals surface area contributed by atoms with Crippen molar-refractivity contribution in [1.82, 2.24) is 14.9 Å². The first kappa shape index (κ1) is 16.1. The molecule has 6 nitrogen and oxygen atoms in total. The first-order chi connectivity index (χ1) is 11.7. The highest BCUT2D eigenvalue weighted by molar-refractivity contribution is 5.93. The summed E-state index contributed by atoms with van der Waals surface area (Å²) in [6, 6.07) is 10.0. The standard InChI is InChI=1S/C18H19N3O3/c22-17(14-11-20-15(12-19-14)18(23)24)21-10-6-2-5-9-16(21)13-7-3-1-4-8-13/h1,3-4,7-8,11-12,16H,2,5-6,9-10H2,(H,23,24). The summed E-state index contributed by atoms with van der Waals surface area (Å²) < 4.78 is 0. The van der Waals surface area contributed by atoms with Gasteiger partial charge in [0.25, 0.3) is 5.91 Å². The van der Waals surface area contributed by atoms with Gasteiger partial charge in [-0.15, -0.1) is 0 Å². The molecule has 1 saturated heterocycles. The van der Waals surface area contributed by atoms with Crippen LogP contribution in [0.3, 0.4) is 0 Å². The number of carbonyl (C=O) groups excluding carboxylic acids is 1. The van der Waals surface area contributed by atoms with Crippen LogP contribution in [0.5, 0.6) is 0 Å². The molecule has 1 N–H and O–H groups in total. The van der Waals surface area contributed by atoms with Gasteiger partial charge in [0.1, 0.15) is 5.69 Å². The van der Waals surface area contributed by atoms with Crippen LogP contribution in [-0.4, -0.2) is 38.4 Å². The third kappa shape index (κ3) is 3.42. The van der Waals surface area contributed by atoms with Gasteiger partial charge < -0.3 is 10.0 Å². The van der Waals surface area contributed by atoms with Gasteiger partial charge in [-0.3, -0.25) is 4.79 Å². The molecule has 1 aliphatic heterocycles. The Morgan fingerprint density at radius 2 is 1.71 bits per heavy atom. The van der Waals surface area contributed by atoms with E-state index in [0.717, 1.165) is 37.4 Å². The number of rotatable bonds is 3. The molecule has 2 aromatic rings. The van der Waals surface area contributed by atoms with Gasteiger partial charge >= 0.3 is 5.97 Å². The summed E-state index contributed by atoms with van der Waals surface area (Å²) in [5, 5.41) is 8.89. The van der Waals surface area contributed by atoms with E-state index in [0.29, 0.717) is 6.54 Å². The van der Waals surface area contributed by atoms with Crippen molar-refractivity contribution in [2.24, 2.45) is 0 Å². The van der Waals surface area contributed by atoms with Crippen LogP contribution in [0.4, 0.5) is 0 Å². The van der Waals surface area contributed by atoms with Crippen LogP contribution in [-0.2, 0) is 0 Å². The first-order valence-electron chi connectivity index (χ1n) is 8.08. The van der Waals surface area contributed by atoms with Crippen LogP contribution in [0.25, 0.3) is 0 Å². The number of hydrogen-bond acceptors (Lipinski definition) is 4. The lowest BCUT2D eigenvalue weighted by molar-refractivity contribution is 0.0663. The van der Waals surface area contributed by atoms with Crippen LogP contribution in [0, 0.1) is 0 Å². The molecule has 124 valence electrons. The van der Waals surface area contributed by atoms with Crippen molar-refractivity contribution in [3.05, 3.63) is 59.7 Å². The number of hydrogen-bond donors (Lipinski definition) is 1. The molecule has 0 aliphatic carbocycles. The minimum absolute atomic E-state index is 0.0159. The third-order valence-corrected chi connectivity index (χ3v) is 4.29. The summed E-state index contributed by atoms with van der Waals surface area (Å²) in [6.45, 7) is 0.667. The highest BCUT2D eigenvalue weighted by atomic mass is 16.4. The summed E-state index contributed by atoms with van der Waals surface area (Å²) in [5.41, 5.74) is 1.13. The molecule has 1 amide bonds. The van der Waals surface area contributed by atoms with E-state index < -0.39 is 5.97 Å². The van der Waals surface area contributed by atoms with Crippen molar-refractivity contribution < 1.29 is 14.7 Å². The number of carboxylic acids is 1. The average molecular weight is 325 g/mol. The molecule has 1 aliphatic rings. The second-order valence-electron chi connectivity index (χ2n) is 5.87. The largest absolute Gasteiger partial charge is 0.476 e. The maximum Gasteiger partial charge on any atom is 0.356 e.